The topological polar surface area (TPSA) is 49.3 Å². The van der Waals surface area contributed by atoms with Crippen molar-refractivity contribution in [3.63, 3.8) is 0 Å². The highest BCUT2D eigenvalue weighted by Crippen LogP contribution is 2.24. The van der Waals surface area contributed by atoms with E-state index in [2.05, 4.69) is 5.32 Å². The highest BCUT2D eigenvalue weighted by Gasteiger charge is 2.25. The van der Waals surface area contributed by atoms with Crippen molar-refractivity contribution in [3.05, 3.63) is 35.6 Å². The number of rotatable bonds is 6. The third kappa shape index (κ3) is 5.32. The van der Waals surface area contributed by atoms with Crippen LogP contribution in [0.1, 0.15) is 31.2 Å². The van der Waals surface area contributed by atoms with Gasteiger partial charge >= 0.3 is 0 Å². The first-order chi connectivity index (χ1) is 10.2. The van der Waals surface area contributed by atoms with Gasteiger partial charge in [0.1, 0.15) is 5.82 Å². The molecule has 0 spiro atoms. The number of thioether (sulfide) groups is 1. The zero-order chi connectivity index (χ0) is 15.1. The molecule has 1 fully saturated rings. The van der Waals surface area contributed by atoms with E-state index in [1.165, 1.54) is 23.9 Å². The second-order valence-corrected chi connectivity index (χ2v) is 6.51. The molecule has 1 aromatic rings. The van der Waals surface area contributed by atoms with Gasteiger partial charge in [-0.2, -0.15) is 0 Å². The number of hydrogen-bond donors (Lipinski definition) is 2. The van der Waals surface area contributed by atoms with E-state index in [-0.39, 0.29) is 30.3 Å². The van der Waals surface area contributed by atoms with E-state index in [9.17, 15) is 14.3 Å². The van der Waals surface area contributed by atoms with E-state index < -0.39 is 0 Å². The van der Waals surface area contributed by atoms with Gasteiger partial charge in [0.25, 0.3) is 0 Å². The predicted molar refractivity (Wildman–Crippen MR) is 83.5 cm³/mol. The van der Waals surface area contributed by atoms with Gasteiger partial charge < -0.3 is 10.4 Å². The summed E-state index contributed by atoms with van der Waals surface area (Å²) < 4.78 is 12.8. The summed E-state index contributed by atoms with van der Waals surface area (Å²) in [5.74, 6) is 1.07. The standard InChI is InChI=1S/C16H22FNO2S/c17-14-7-5-12(6-8-14)10-21-11-16(20)18-15-4-2-1-3-13(15)9-19/h5-8,13,15,19H,1-4,9-11H2,(H,18,20). The normalized spacial score (nSPS) is 22.0. The van der Waals surface area contributed by atoms with Gasteiger partial charge in [-0.25, -0.2) is 4.39 Å². The van der Waals surface area contributed by atoms with Crippen LogP contribution >= 0.6 is 11.8 Å². The van der Waals surface area contributed by atoms with Gasteiger partial charge in [0.15, 0.2) is 0 Å². The highest BCUT2D eigenvalue weighted by atomic mass is 32.2. The zero-order valence-electron chi connectivity index (χ0n) is 12.1. The first-order valence-corrected chi connectivity index (χ1v) is 8.57. The summed E-state index contributed by atoms with van der Waals surface area (Å²) in [6.45, 7) is 0.146. The number of amides is 1. The Bertz CT molecular complexity index is 452. The number of hydrogen-bond acceptors (Lipinski definition) is 3. The first-order valence-electron chi connectivity index (χ1n) is 7.41. The van der Waals surface area contributed by atoms with Crippen molar-refractivity contribution in [2.75, 3.05) is 12.4 Å². The van der Waals surface area contributed by atoms with Crippen molar-refractivity contribution in [2.45, 2.75) is 37.5 Å². The molecule has 0 saturated heterocycles. The van der Waals surface area contributed by atoms with Crippen LogP contribution in [0.25, 0.3) is 0 Å². The lowest BCUT2D eigenvalue weighted by atomic mass is 9.85. The highest BCUT2D eigenvalue weighted by molar-refractivity contribution is 7.99. The van der Waals surface area contributed by atoms with Crippen molar-refractivity contribution in [3.8, 4) is 0 Å². The van der Waals surface area contributed by atoms with E-state index in [0.29, 0.717) is 11.5 Å². The van der Waals surface area contributed by atoms with Crippen LogP contribution in [0.2, 0.25) is 0 Å². The van der Waals surface area contributed by atoms with Crippen LogP contribution in [-0.4, -0.2) is 29.4 Å². The lowest BCUT2D eigenvalue weighted by Gasteiger charge is -2.30. The quantitative estimate of drug-likeness (QED) is 0.849. The number of carbonyl (C=O) groups is 1. The molecule has 2 unspecified atom stereocenters. The molecule has 21 heavy (non-hydrogen) atoms. The van der Waals surface area contributed by atoms with Gasteiger partial charge in [-0.15, -0.1) is 11.8 Å². The minimum atomic E-state index is -0.242. The Morgan fingerprint density at radius 2 is 2.00 bits per heavy atom. The molecular weight excluding hydrogens is 289 g/mol. The Morgan fingerprint density at radius 3 is 2.71 bits per heavy atom. The third-order valence-corrected chi connectivity index (χ3v) is 4.91. The van der Waals surface area contributed by atoms with E-state index in [0.717, 1.165) is 31.2 Å². The molecule has 1 saturated carbocycles. The van der Waals surface area contributed by atoms with E-state index in [4.69, 9.17) is 0 Å². The molecule has 1 amide bonds. The fourth-order valence-electron chi connectivity index (χ4n) is 2.71. The number of benzene rings is 1. The largest absolute Gasteiger partial charge is 0.396 e. The van der Waals surface area contributed by atoms with Crippen molar-refractivity contribution < 1.29 is 14.3 Å². The summed E-state index contributed by atoms with van der Waals surface area (Å²) in [7, 11) is 0. The molecule has 2 N–H and O–H groups in total. The number of aliphatic hydroxyl groups is 1. The maximum absolute atomic E-state index is 12.8. The van der Waals surface area contributed by atoms with E-state index in [1.807, 2.05) is 0 Å². The Morgan fingerprint density at radius 1 is 1.29 bits per heavy atom. The Labute approximate surface area is 129 Å². The smallest absolute Gasteiger partial charge is 0.230 e. The summed E-state index contributed by atoms with van der Waals surface area (Å²) in [5, 5.41) is 12.4. The molecule has 1 aromatic carbocycles. The molecule has 0 heterocycles. The number of carbonyl (C=O) groups excluding carboxylic acids is 1. The van der Waals surface area contributed by atoms with E-state index in [1.54, 1.807) is 12.1 Å². The Hall–Kier alpha value is -1.07. The minimum absolute atomic E-state index is 0.0208. The fourth-order valence-corrected chi connectivity index (χ4v) is 3.51. The summed E-state index contributed by atoms with van der Waals surface area (Å²) in [5.41, 5.74) is 1.01. The number of aliphatic hydroxyl groups excluding tert-OH is 1. The monoisotopic (exact) mass is 311 g/mol. The van der Waals surface area contributed by atoms with Gasteiger partial charge in [0.2, 0.25) is 5.91 Å². The Balaban J connectivity index is 1.70. The van der Waals surface area contributed by atoms with Crippen LogP contribution < -0.4 is 5.32 Å². The van der Waals surface area contributed by atoms with Crippen LogP contribution in [0, 0.1) is 11.7 Å². The molecule has 0 bridgehead atoms. The minimum Gasteiger partial charge on any atom is -0.396 e. The summed E-state index contributed by atoms with van der Waals surface area (Å²) in [4.78, 5) is 11.9. The summed E-state index contributed by atoms with van der Waals surface area (Å²) in [6, 6.07) is 6.46. The van der Waals surface area contributed by atoms with Crippen LogP contribution in [-0.2, 0) is 10.5 Å². The molecule has 3 nitrogen and oxygen atoms in total. The summed E-state index contributed by atoms with van der Waals surface area (Å²) in [6.07, 6.45) is 4.20. The molecule has 0 aromatic heterocycles. The number of halogens is 1. The average Bonchev–Trinajstić information content (AvgIpc) is 2.50. The van der Waals surface area contributed by atoms with Crippen LogP contribution in [0.3, 0.4) is 0 Å². The van der Waals surface area contributed by atoms with E-state index >= 15 is 0 Å². The fraction of sp³-hybridized carbons (Fsp3) is 0.562. The molecule has 0 radical (unpaired) electrons. The van der Waals surface area contributed by atoms with Gasteiger partial charge in [-0.05, 0) is 30.5 Å². The lowest BCUT2D eigenvalue weighted by Crippen LogP contribution is -2.44. The van der Waals surface area contributed by atoms with Gasteiger partial charge in [-0.1, -0.05) is 25.0 Å². The lowest BCUT2D eigenvalue weighted by molar-refractivity contribution is -0.120. The molecule has 0 aliphatic heterocycles. The zero-order valence-corrected chi connectivity index (χ0v) is 12.9. The van der Waals surface area contributed by atoms with Crippen molar-refractivity contribution in [1.29, 1.82) is 0 Å². The van der Waals surface area contributed by atoms with Crippen LogP contribution in [0.15, 0.2) is 24.3 Å². The second kappa shape index (κ2) is 8.39. The van der Waals surface area contributed by atoms with Gasteiger partial charge in [-0.3, -0.25) is 4.79 Å². The SMILES string of the molecule is O=C(CSCc1ccc(F)cc1)NC1CCCCC1CO. The molecule has 2 atom stereocenters. The Kier molecular flexibility index (Phi) is 6.51. The van der Waals surface area contributed by atoms with Crippen LogP contribution in [0.5, 0.6) is 0 Å². The number of nitrogens with one attached hydrogen (secondary N) is 1. The maximum atomic E-state index is 12.8. The third-order valence-electron chi connectivity index (χ3n) is 3.91. The maximum Gasteiger partial charge on any atom is 0.230 e. The molecular formula is C16H22FNO2S. The second-order valence-electron chi connectivity index (χ2n) is 5.52. The van der Waals surface area contributed by atoms with Crippen molar-refractivity contribution in [1.82, 2.24) is 5.32 Å². The molecule has 2 rings (SSSR count). The average molecular weight is 311 g/mol. The van der Waals surface area contributed by atoms with Gasteiger partial charge in [0, 0.05) is 24.3 Å². The van der Waals surface area contributed by atoms with Crippen molar-refractivity contribution >= 4 is 17.7 Å². The first kappa shape index (κ1) is 16.3. The molecule has 116 valence electrons. The summed E-state index contributed by atoms with van der Waals surface area (Å²) >= 11 is 1.52. The van der Waals surface area contributed by atoms with Gasteiger partial charge in [0.05, 0.1) is 5.75 Å². The molecule has 5 heteroatoms. The molecule has 1 aliphatic carbocycles. The van der Waals surface area contributed by atoms with Crippen molar-refractivity contribution in [2.24, 2.45) is 5.92 Å². The molecule has 1 aliphatic rings. The van der Waals surface area contributed by atoms with Crippen LogP contribution in [0.4, 0.5) is 4.39 Å². The predicted octanol–water partition coefficient (Wildman–Crippen LogP) is 2.73.